The highest BCUT2D eigenvalue weighted by Crippen LogP contribution is 2.26. The van der Waals surface area contributed by atoms with Gasteiger partial charge in [0.25, 0.3) is 0 Å². The minimum atomic E-state index is -0.150. The lowest BCUT2D eigenvalue weighted by Gasteiger charge is -2.18. The first-order valence-corrected chi connectivity index (χ1v) is 6.53. The molecule has 0 spiro atoms. The molecule has 0 aliphatic heterocycles. The number of aromatic nitrogens is 2. The Bertz CT molecular complexity index is 734. The van der Waals surface area contributed by atoms with Crippen LogP contribution in [0.15, 0.2) is 54.7 Å². The second-order valence-corrected chi connectivity index (χ2v) is 4.72. The molecule has 1 atom stereocenters. The third-order valence-corrected chi connectivity index (χ3v) is 3.36. The number of hydrogen-bond donors (Lipinski definition) is 2. The van der Waals surface area contributed by atoms with Crippen LogP contribution in [0, 0.1) is 6.92 Å². The van der Waals surface area contributed by atoms with E-state index in [0.717, 1.165) is 27.9 Å². The van der Waals surface area contributed by atoms with E-state index in [1.165, 1.54) is 0 Å². The molecule has 3 rings (SSSR count). The first kappa shape index (κ1) is 12.7. The van der Waals surface area contributed by atoms with Gasteiger partial charge in [-0.1, -0.05) is 24.3 Å². The highest BCUT2D eigenvalue weighted by atomic mass is 15.2. The predicted octanol–water partition coefficient (Wildman–Crippen LogP) is 2.49. The van der Waals surface area contributed by atoms with Crippen LogP contribution in [0.1, 0.15) is 23.0 Å². The van der Waals surface area contributed by atoms with Crippen molar-refractivity contribution >= 4 is 10.9 Å². The first-order valence-electron chi connectivity index (χ1n) is 6.53. The molecule has 3 aromatic rings. The minimum absolute atomic E-state index is 0.150. The summed E-state index contributed by atoms with van der Waals surface area (Å²) in [6, 6.07) is 15.8. The van der Waals surface area contributed by atoms with Crippen LogP contribution < -0.4 is 11.3 Å². The second-order valence-electron chi connectivity index (χ2n) is 4.72. The van der Waals surface area contributed by atoms with Gasteiger partial charge in [-0.2, -0.15) is 0 Å². The van der Waals surface area contributed by atoms with Gasteiger partial charge in [0, 0.05) is 17.3 Å². The summed E-state index contributed by atoms with van der Waals surface area (Å²) in [6.45, 7) is 1.97. The van der Waals surface area contributed by atoms with Gasteiger partial charge in [0.15, 0.2) is 0 Å². The number of aryl methyl sites for hydroxylation is 1. The second kappa shape index (κ2) is 5.36. The number of benzene rings is 1. The third kappa shape index (κ3) is 2.27. The van der Waals surface area contributed by atoms with E-state index in [9.17, 15) is 0 Å². The SMILES string of the molecule is Cc1cccc(C(NN)c2cccc3ncccc23)n1. The molecule has 0 aliphatic carbocycles. The quantitative estimate of drug-likeness (QED) is 0.563. The molecular formula is C16H16N4. The van der Waals surface area contributed by atoms with Crippen LogP contribution in [0.3, 0.4) is 0 Å². The lowest BCUT2D eigenvalue weighted by atomic mass is 9.99. The van der Waals surface area contributed by atoms with Crippen LogP contribution in [0.5, 0.6) is 0 Å². The number of pyridine rings is 2. The Kier molecular flexibility index (Phi) is 3.41. The number of nitrogens with two attached hydrogens (primary N) is 1. The predicted molar refractivity (Wildman–Crippen MR) is 79.9 cm³/mol. The maximum absolute atomic E-state index is 5.77. The molecule has 2 heterocycles. The number of hydrogen-bond acceptors (Lipinski definition) is 4. The van der Waals surface area contributed by atoms with Crippen molar-refractivity contribution in [1.82, 2.24) is 15.4 Å². The maximum Gasteiger partial charge on any atom is 0.0888 e. The van der Waals surface area contributed by atoms with E-state index in [4.69, 9.17) is 5.84 Å². The van der Waals surface area contributed by atoms with E-state index < -0.39 is 0 Å². The topological polar surface area (TPSA) is 63.8 Å². The lowest BCUT2D eigenvalue weighted by Crippen LogP contribution is -2.29. The molecular weight excluding hydrogens is 248 g/mol. The fraction of sp³-hybridized carbons (Fsp3) is 0.125. The standard InChI is InChI=1S/C16H16N4/c1-11-5-2-9-15(19-11)16(20-17)13-6-3-8-14-12(13)7-4-10-18-14/h2-10,16,20H,17H2,1H3. The average molecular weight is 264 g/mol. The summed E-state index contributed by atoms with van der Waals surface area (Å²) in [5, 5.41) is 1.08. The van der Waals surface area contributed by atoms with E-state index in [-0.39, 0.29) is 6.04 Å². The zero-order valence-corrected chi connectivity index (χ0v) is 11.2. The van der Waals surface area contributed by atoms with Crippen LogP contribution in [0.25, 0.3) is 10.9 Å². The summed E-state index contributed by atoms with van der Waals surface area (Å²) < 4.78 is 0. The van der Waals surface area contributed by atoms with Gasteiger partial charge in [-0.15, -0.1) is 0 Å². The Hall–Kier alpha value is -2.30. The molecule has 100 valence electrons. The van der Waals surface area contributed by atoms with Crippen LogP contribution in [-0.4, -0.2) is 9.97 Å². The van der Waals surface area contributed by atoms with Crippen molar-refractivity contribution in [3.8, 4) is 0 Å². The van der Waals surface area contributed by atoms with Gasteiger partial charge in [0.05, 0.1) is 17.3 Å². The molecule has 20 heavy (non-hydrogen) atoms. The molecule has 2 aromatic heterocycles. The smallest absolute Gasteiger partial charge is 0.0888 e. The summed E-state index contributed by atoms with van der Waals surface area (Å²) in [7, 11) is 0. The fourth-order valence-electron chi connectivity index (χ4n) is 2.44. The van der Waals surface area contributed by atoms with Crippen LogP contribution >= 0.6 is 0 Å². The summed E-state index contributed by atoms with van der Waals surface area (Å²) in [4.78, 5) is 8.95. The number of nitrogens with one attached hydrogen (secondary N) is 1. The van der Waals surface area contributed by atoms with Crippen molar-refractivity contribution < 1.29 is 0 Å². The Morgan fingerprint density at radius 2 is 1.90 bits per heavy atom. The molecule has 3 N–H and O–H groups in total. The van der Waals surface area contributed by atoms with Gasteiger partial charge in [-0.05, 0) is 36.8 Å². The number of nitrogens with zero attached hydrogens (tertiary/aromatic N) is 2. The fourth-order valence-corrected chi connectivity index (χ4v) is 2.44. The molecule has 0 amide bonds. The van der Waals surface area contributed by atoms with Gasteiger partial charge in [-0.3, -0.25) is 15.8 Å². The molecule has 0 saturated carbocycles. The van der Waals surface area contributed by atoms with E-state index >= 15 is 0 Å². The van der Waals surface area contributed by atoms with Crippen LogP contribution in [0.4, 0.5) is 0 Å². The normalized spacial score (nSPS) is 12.5. The Morgan fingerprint density at radius 1 is 1.05 bits per heavy atom. The van der Waals surface area contributed by atoms with Gasteiger partial charge < -0.3 is 0 Å². The molecule has 0 aliphatic rings. The molecule has 0 fully saturated rings. The Morgan fingerprint density at radius 3 is 2.70 bits per heavy atom. The van der Waals surface area contributed by atoms with Crippen molar-refractivity contribution in [1.29, 1.82) is 0 Å². The van der Waals surface area contributed by atoms with Gasteiger partial charge in [0.2, 0.25) is 0 Å². The van der Waals surface area contributed by atoms with E-state index in [2.05, 4.69) is 27.5 Å². The summed E-state index contributed by atoms with van der Waals surface area (Å²) in [5.74, 6) is 5.77. The molecule has 1 unspecified atom stereocenters. The van der Waals surface area contributed by atoms with Crippen molar-refractivity contribution in [2.24, 2.45) is 5.84 Å². The highest BCUT2D eigenvalue weighted by Gasteiger charge is 2.16. The number of hydrazine groups is 1. The van der Waals surface area contributed by atoms with E-state index in [0.29, 0.717) is 0 Å². The number of rotatable bonds is 3. The summed E-state index contributed by atoms with van der Waals surface area (Å²) in [5.41, 5.74) is 6.78. The van der Waals surface area contributed by atoms with Crippen molar-refractivity contribution in [3.63, 3.8) is 0 Å². The highest BCUT2D eigenvalue weighted by molar-refractivity contribution is 5.82. The van der Waals surface area contributed by atoms with E-state index in [1.54, 1.807) is 6.20 Å². The zero-order chi connectivity index (χ0) is 13.9. The monoisotopic (exact) mass is 264 g/mol. The Balaban J connectivity index is 2.17. The third-order valence-electron chi connectivity index (χ3n) is 3.36. The molecule has 0 saturated heterocycles. The van der Waals surface area contributed by atoms with Crippen molar-refractivity contribution in [3.05, 3.63) is 71.7 Å². The van der Waals surface area contributed by atoms with Gasteiger partial charge in [0.1, 0.15) is 0 Å². The molecule has 1 aromatic carbocycles. The van der Waals surface area contributed by atoms with Crippen molar-refractivity contribution in [2.45, 2.75) is 13.0 Å². The van der Waals surface area contributed by atoms with Crippen LogP contribution in [0.2, 0.25) is 0 Å². The van der Waals surface area contributed by atoms with Gasteiger partial charge in [-0.25, -0.2) is 5.43 Å². The zero-order valence-electron chi connectivity index (χ0n) is 11.2. The average Bonchev–Trinajstić information content (AvgIpc) is 2.48. The molecule has 4 nitrogen and oxygen atoms in total. The Labute approximate surface area is 117 Å². The minimum Gasteiger partial charge on any atom is -0.271 e. The van der Waals surface area contributed by atoms with Crippen molar-refractivity contribution in [2.75, 3.05) is 0 Å². The largest absolute Gasteiger partial charge is 0.271 e. The summed E-state index contributed by atoms with van der Waals surface area (Å²) in [6.07, 6.45) is 1.79. The molecule has 0 bridgehead atoms. The lowest BCUT2D eigenvalue weighted by molar-refractivity contribution is 0.623. The van der Waals surface area contributed by atoms with E-state index in [1.807, 2.05) is 43.3 Å². The van der Waals surface area contributed by atoms with Crippen LogP contribution in [-0.2, 0) is 0 Å². The summed E-state index contributed by atoms with van der Waals surface area (Å²) >= 11 is 0. The molecule has 0 radical (unpaired) electrons. The maximum atomic E-state index is 5.77. The van der Waals surface area contributed by atoms with Gasteiger partial charge >= 0.3 is 0 Å². The first-order chi connectivity index (χ1) is 9.79. The molecule has 4 heteroatoms. The number of fused-ring (bicyclic) bond motifs is 1.